The second-order valence-electron chi connectivity index (χ2n) is 7.00. The number of nitrogens with one attached hydrogen (secondary N) is 1. The minimum Gasteiger partial charge on any atom is -0.301 e. The van der Waals surface area contributed by atoms with E-state index in [-0.39, 0.29) is 5.54 Å². The average molecular weight is 292 g/mol. The number of piperazine rings is 1. The van der Waals surface area contributed by atoms with Gasteiger partial charge in [0.25, 0.3) is 0 Å². The maximum Gasteiger partial charge on any atom is 0.104 e. The molecule has 1 aliphatic heterocycles. The molecule has 4 heteroatoms. The van der Waals surface area contributed by atoms with Crippen molar-refractivity contribution in [1.82, 2.24) is 15.1 Å². The second-order valence-corrected chi connectivity index (χ2v) is 7.00. The Bertz CT molecular complexity index is 339. The van der Waals surface area contributed by atoms with Crippen molar-refractivity contribution in [3.05, 3.63) is 0 Å². The Hall–Kier alpha value is -0.630. The third kappa shape index (κ3) is 5.94. The molecule has 2 rings (SSSR count). The van der Waals surface area contributed by atoms with Crippen LogP contribution in [0.3, 0.4) is 0 Å². The molecule has 0 aromatic carbocycles. The number of hydrogen-bond acceptors (Lipinski definition) is 4. The molecule has 21 heavy (non-hydrogen) atoms. The molecule has 1 aliphatic carbocycles. The lowest BCUT2D eigenvalue weighted by Crippen LogP contribution is -2.46. The van der Waals surface area contributed by atoms with Crippen LogP contribution < -0.4 is 5.32 Å². The Morgan fingerprint density at radius 1 is 1.10 bits per heavy atom. The molecule has 1 atom stereocenters. The summed E-state index contributed by atoms with van der Waals surface area (Å²) < 4.78 is 0. The van der Waals surface area contributed by atoms with Gasteiger partial charge < -0.3 is 9.80 Å². The van der Waals surface area contributed by atoms with E-state index in [1.54, 1.807) is 0 Å². The van der Waals surface area contributed by atoms with Gasteiger partial charge in [0.1, 0.15) is 5.54 Å². The van der Waals surface area contributed by atoms with Gasteiger partial charge in [0.15, 0.2) is 0 Å². The van der Waals surface area contributed by atoms with Crippen LogP contribution in [-0.4, -0.2) is 60.6 Å². The standard InChI is InChI=1S/C17H32N4/c1-3-9-20-11-13-21(14-12-20)10-5-4-8-17(2,15-18)19-16-6-7-16/h16,19H,3-14H2,1-2H3. The zero-order chi connectivity index (χ0) is 15.1. The molecule has 1 saturated heterocycles. The summed E-state index contributed by atoms with van der Waals surface area (Å²) in [6, 6.07) is 3.09. The van der Waals surface area contributed by atoms with Crippen LogP contribution >= 0.6 is 0 Å². The predicted octanol–water partition coefficient (Wildman–Crippen LogP) is 2.22. The molecule has 1 saturated carbocycles. The minimum atomic E-state index is -0.305. The maximum atomic E-state index is 9.36. The Balaban J connectivity index is 1.56. The van der Waals surface area contributed by atoms with Crippen molar-refractivity contribution in [1.29, 1.82) is 5.26 Å². The minimum absolute atomic E-state index is 0.305. The van der Waals surface area contributed by atoms with Crippen LogP contribution in [0.1, 0.15) is 52.4 Å². The molecule has 0 bridgehead atoms. The fourth-order valence-corrected chi connectivity index (χ4v) is 3.21. The highest BCUT2D eigenvalue weighted by Crippen LogP contribution is 2.24. The van der Waals surface area contributed by atoms with Gasteiger partial charge >= 0.3 is 0 Å². The second kappa shape index (κ2) is 8.12. The van der Waals surface area contributed by atoms with E-state index in [1.807, 2.05) is 0 Å². The van der Waals surface area contributed by atoms with Crippen molar-refractivity contribution < 1.29 is 0 Å². The van der Waals surface area contributed by atoms with E-state index >= 15 is 0 Å². The van der Waals surface area contributed by atoms with Gasteiger partial charge in [-0.1, -0.05) is 6.92 Å². The van der Waals surface area contributed by atoms with E-state index in [9.17, 15) is 5.26 Å². The highest BCUT2D eigenvalue weighted by Gasteiger charge is 2.31. The first kappa shape index (κ1) is 16.7. The molecule has 0 amide bonds. The van der Waals surface area contributed by atoms with E-state index in [4.69, 9.17) is 0 Å². The van der Waals surface area contributed by atoms with Crippen LogP contribution in [0.2, 0.25) is 0 Å². The summed E-state index contributed by atoms with van der Waals surface area (Å²) in [5.41, 5.74) is -0.305. The Kier molecular flexibility index (Phi) is 6.47. The summed E-state index contributed by atoms with van der Waals surface area (Å²) in [7, 11) is 0. The monoisotopic (exact) mass is 292 g/mol. The SMILES string of the molecule is CCCN1CCN(CCCCC(C)(C#N)NC2CC2)CC1. The zero-order valence-electron chi connectivity index (χ0n) is 13.9. The molecule has 2 fully saturated rings. The van der Waals surface area contributed by atoms with E-state index < -0.39 is 0 Å². The van der Waals surface area contributed by atoms with Gasteiger partial charge in [-0.2, -0.15) is 5.26 Å². The van der Waals surface area contributed by atoms with Crippen LogP contribution in [-0.2, 0) is 0 Å². The Labute approximate surface area is 130 Å². The fourth-order valence-electron chi connectivity index (χ4n) is 3.21. The lowest BCUT2D eigenvalue weighted by molar-refractivity contribution is 0.130. The third-order valence-corrected chi connectivity index (χ3v) is 4.75. The first-order valence-electron chi connectivity index (χ1n) is 8.79. The summed E-state index contributed by atoms with van der Waals surface area (Å²) in [5.74, 6) is 0. The van der Waals surface area contributed by atoms with Crippen molar-refractivity contribution in [3.63, 3.8) is 0 Å². The molecular formula is C17H32N4. The van der Waals surface area contributed by atoms with E-state index in [0.29, 0.717) is 6.04 Å². The van der Waals surface area contributed by atoms with Crippen molar-refractivity contribution in [3.8, 4) is 6.07 Å². The molecule has 4 nitrogen and oxygen atoms in total. The number of unbranched alkanes of at least 4 members (excludes halogenated alkanes) is 1. The van der Waals surface area contributed by atoms with E-state index in [2.05, 4.69) is 35.0 Å². The molecule has 2 aliphatic rings. The molecule has 1 unspecified atom stereocenters. The van der Waals surface area contributed by atoms with Crippen LogP contribution in [0.5, 0.6) is 0 Å². The highest BCUT2D eigenvalue weighted by molar-refractivity contribution is 5.06. The normalized spacial score (nSPS) is 23.7. The first-order chi connectivity index (χ1) is 10.1. The molecule has 1 heterocycles. The van der Waals surface area contributed by atoms with Gasteiger partial charge in [-0.05, 0) is 58.5 Å². The van der Waals surface area contributed by atoms with Crippen LogP contribution in [0.15, 0.2) is 0 Å². The summed E-state index contributed by atoms with van der Waals surface area (Å²) >= 11 is 0. The van der Waals surface area contributed by atoms with E-state index in [0.717, 1.165) is 12.8 Å². The van der Waals surface area contributed by atoms with Crippen molar-refractivity contribution in [2.24, 2.45) is 0 Å². The van der Waals surface area contributed by atoms with Gasteiger partial charge in [-0.15, -0.1) is 0 Å². The van der Waals surface area contributed by atoms with Crippen molar-refractivity contribution >= 4 is 0 Å². The Morgan fingerprint density at radius 2 is 1.71 bits per heavy atom. The van der Waals surface area contributed by atoms with Crippen molar-refractivity contribution in [2.75, 3.05) is 39.3 Å². The molecule has 0 aromatic heterocycles. The predicted molar refractivity (Wildman–Crippen MR) is 87.2 cm³/mol. The summed E-state index contributed by atoms with van der Waals surface area (Å²) in [6.07, 6.45) is 7.12. The van der Waals surface area contributed by atoms with Gasteiger partial charge in [0.2, 0.25) is 0 Å². The number of rotatable bonds is 9. The number of nitrogens with zero attached hydrogens (tertiary/aromatic N) is 3. The van der Waals surface area contributed by atoms with Gasteiger partial charge in [0, 0.05) is 32.2 Å². The molecule has 0 aromatic rings. The maximum absolute atomic E-state index is 9.36. The van der Waals surface area contributed by atoms with E-state index in [1.165, 1.54) is 65.0 Å². The van der Waals surface area contributed by atoms with Crippen molar-refractivity contribution in [2.45, 2.75) is 64.0 Å². The lowest BCUT2D eigenvalue weighted by atomic mass is 9.96. The number of nitriles is 1. The lowest BCUT2D eigenvalue weighted by Gasteiger charge is -2.34. The fraction of sp³-hybridized carbons (Fsp3) is 0.941. The summed E-state index contributed by atoms with van der Waals surface area (Å²) in [5, 5.41) is 12.9. The smallest absolute Gasteiger partial charge is 0.104 e. The van der Waals surface area contributed by atoms with Gasteiger partial charge in [-0.3, -0.25) is 5.32 Å². The Morgan fingerprint density at radius 3 is 2.24 bits per heavy atom. The average Bonchev–Trinajstić information content (AvgIpc) is 3.29. The topological polar surface area (TPSA) is 42.3 Å². The molecule has 0 spiro atoms. The van der Waals surface area contributed by atoms with Crippen LogP contribution in [0.4, 0.5) is 0 Å². The molecule has 120 valence electrons. The third-order valence-electron chi connectivity index (χ3n) is 4.75. The molecular weight excluding hydrogens is 260 g/mol. The zero-order valence-corrected chi connectivity index (χ0v) is 13.9. The molecule has 1 N–H and O–H groups in total. The quantitative estimate of drug-likeness (QED) is 0.662. The summed E-state index contributed by atoms with van der Waals surface area (Å²) in [4.78, 5) is 5.16. The summed E-state index contributed by atoms with van der Waals surface area (Å²) in [6.45, 7) is 11.7. The first-order valence-corrected chi connectivity index (χ1v) is 8.79. The van der Waals surface area contributed by atoms with Gasteiger partial charge in [0.05, 0.1) is 6.07 Å². The van der Waals surface area contributed by atoms with Crippen LogP contribution in [0, 0.1) is 11.3 Å². The van der Waals surface area contributed by atoms with Crippen LogP contribution in [0.25, 0.3) is 0 Å². The highest BCUT2D eigenvalue weighted by atomic mass is 15.3. The largest absolute Gasteiger partial charge is 0.301 e. The number of hydrogen-bond donors (Lipinski definition) is 1. The molecule has 0 radical (unpaired) electrons. The van der Waals surface area contributed by atoms with Gasteiger partial charge in [-0.25, -0.2) is 0 Å².